The molecule has 0 aromatic heterocycles. The number of allylic oxidation sites excluding steroid dienone is 2. The standard InChI is InChI=1S/C50H72N2O13/c1-11-12-13-14-15-16-17-18-19-20-25-52(61)27-35-40-45(58)38-37(44(35)57)39-47(33(7)43(38)56)65-50(9,48(39)59)63-26-24-36(62-10)30(4)46(64-34(8)53)32(6)42(55)31(5)41(54)28(2)22-21-23-29(3)49(60)51-40/h21-24,26-28,30-32,36,41-42,46,54-58,61H,11-20,25H2,1-10H3/b22-21+,26-24+,29-23?,35-27-,51-40?. The van der Waals surface area contributed by atoms with Gasteiger partial charge < -0.3 is 44.5 Å². The van der Waals surface area contributed by atoms with Crippen LogP contribution in [0.1, 0.15) is 136 Å². The highest BCUT2D eigenvalue weighted by Gasteiger charge is 2.49. The first kappa shape index (κ1) is 52.7. The van der Waals surface area contributed by atoms with Gasteiger partial charge in [0.2, 0.25) is 0 Å². The topological polar surface area (TPSA) is 225 Å². The molecule has 0 aliphatic carbocycles. The van der Waals surface area contributed by atoms with Crippen molar-refractivity contribution >= 4 is 34.6 Å². The van der Waals surface area contributed by atoms with Gasteiger partial charge in [0.05, 0.1) is 40.7 Å². The van der Waals surface area contributed by atoms with E-state index in [1.807, 2.05) is 0 Å². The number of ether oxygens (including phenoxy) is 4. The lowest BCUT2D eigenvalue weighted by atomic mass is 9.78. The van der Waals surface area contributed by atoms with Crippen LogP contribution in [0.4, 0.5) is 0 Å². The van der Waals surface area contributed by atoms with Gasteiger partial charge >= 0.3 is 11.8 Å². The molecule has 3 aliphatic heterocycles. The van der Waals surface area contributed by atoms with E-state index < -0.39 is 94.1 Å². The monoisotopic (exact) mass is 909 g/mol. The van der Waals surface area contributed by atoms with E-state index >= 15 is 0 Å². The molecule has 5 bridgehead atoms. The molecule has 9 unspecified atom stereocenters. The first-order valence-electron chi connectivity index (χ1n) is 23.0. The van der Waals surface area contributed by atoms with E-state index in [0.717, 1.165) is 36.9 Å². The molecule has 2 aromatic carbocycles. The molecule has 3 aliphatic rings. The van der Waals surface area contributed by atoms with Crippen molar-refractivity contribution in [1.82, 2.24) is 5.06 Å². The van der Waals surface area contributed by atoms with Crippen LogP contribution in [0.2, 0.25) is 0 Å². The minimum absolute atomic E-state index is 0.0167. The number of esters is 1. The van der Waals surface area contributed by atoms with Gasteiger partial charge in [-0.1, -0.05) is 111 Å². The second-order valence-electron chi connectivity index (χ2n) is 18.0. The molecular formula is C50H72N2O13. The summed E-state index contributed by atoms with van der Waals surface area (Å²) in [6.07, 6.45) is 15.2. The highest BCUT2D eigenvalue weighted by atomic mass is 16.7. The van der Waals surface area contributed by atoms with Gasteiger partial charge in [-0.05, 0) is 26.3 Å². The SMILES string of the molecule is CCCCCCCCCCCCN(O)/C=c1\c(O)c2c3c4c(C)c(O)c2c(O)c1=NC(=O)C(C)=C/C=C/C(C)C(O)C(C)C(O)C(C)C(OC(C)=O)C(C)C(OC)/C=C/OC(C)(O4)C3=O. The van der Waals surface area contributed by atoms with E-state index in [-0.39, 0.29) is 45.0 Å². The fraction of sp³-hybridized carbons (Fsp3) is 0.600. The molecule has 0 radical (unpaired) electrons. The summed E-state index contributed by atoms with van der Waals surface area (Å²) in [4.78, 5) is 44.8. The zero-order valence-electron chi connectivity index (χ0n) is 39.8. The third-order valence-corrected chi connectivity index (χ3v) is 13.0. The number of carbonyl (C=O) groups is 3. The molecule has 65 heavy (non-hydrogen) atoms. The van der Waals surface area contributed by atoms with Gasteiger partial charge in [-0.15, -0.1) is 0 Å². The number of carbonyl (C=O) groups excluding carboxylic acids is 3. The maximum atomic E-state index is 14.5. The number of phenols is 3. The minimum Gasteiger partial charge on any atom is -0.507 e. The average Bonchev–Trinajstić information content (AvgIpc) is 3.53. The Morgan fingerprint density at radius 1 is 0.862 bits per heavy atom. The van der Waals surface area contributed by atoms with Crippen molar-refractivity contribution in [2.24, 2.45) is 28.7 Å². The predicted octanol–water partition coefficient (Wildman–Crippen LogP) is 7.31. The zero-order valence-corrected chi connectivity index (χ0v) is 39.8. The van der Waals surface area contributed by atoms with Crippen LogP contribution in [-0.4, -0.2) is 97.3 Å². The van der Waals surface area contributed by atoms with E-state index in [1.165, 1.54) is 85.3 Å². The van der Waals surface area contributed by atoms with Gasteiger partial charge in [-0.3, -0.25) is 24.7 Å². The van der Waals surface area contributed by atoms with E-state index in [0.29, 0.717) is 6.42 Å². The molecule has 1 amide bonds. The number of hydrogen-bond donors (Lipinski definition) is 6. The van der Waals surface area contributed by atoms with Crippen LogP contribution in [-0.2, 0) is 23.8 Å². The summed E-state index contributed by atoms with van der Waals surface area (Å²) in [5.41, 5.74) is -0.135. The number of hydroxylamine groups is 2. The molecule has 15 heteroatoms. The quantitative estimate of drug-likeness (QED) is 0.0473. The summed E-state index contributed by atoms with van der Waals surface area (Å²) in [6, 6.07) is 0. The Balaban J connectivity index is 1.89. The number of nitrogens with zero attached hydrogens (tertiary/aromatic N) is 2. The number of benzene rings is 2. The molecule has 15 nitrogen and oxygen atoms in total. The Hall–Kier alpha value is -4.96. The Bertz CT molecular complexity index is 2240. The van der Waals surface area contributed by atoms with Gasteiger partial charge in [-0.2, -0.15) is 0 Å². The molecule has 2 aromatic rings. The third-order valence-electron chi connectivity index (χ3n) is 13.0. The average molecular weight is 909 g/mol. The van der Waals surface area contributed by atoms with E-state index in [2.05, 4.69) is 11.9 Å². The van der Waals surface area contributed by atoms with Gasteiger partial charge in [0.15, 0.2) is 5.75 Å². The van der Waals surface area contributed by atoms with Crippen molar-refractivity contribution in [1.29, 1.82) is 0 Å². The predicted molar refractivity (Wildman–Crippen MR) is 246 cm³/mol. The Labute approximate surface area is 382 Å². The van der Waals surface area contributed by atoms with Crippen LogP contribution < -0.4 is 15.3 Å². The van der Waals surface area contributed by atoms with Crippen molar-refractivity contribution in [3.63, 3.8) is 0 Å². The number of phenolic OH excluding ortho intramolecular Hbond substituents is 3. The summed E-state index contributed by atoms with van der Waals surface area (Å²) in [5.74, 6) is -9.00. The number of aromatic hydroxyl groups is 3. The Morgan fingerprint density at radius 2 is 1.48 bits per heavy atom. The highest BCUT2D eigenvalue weighted by Crippen LogP contribution is 2.50. The summed E-state index contributed by atoms with van der Waals surface area (Å²) < 4.78 is 23.6. The molecule has 3 heterocycles. The van der Waals surface area contributed by atoms with Gasteiger partial charge in [0.25, 0.3) is 11.7 Å². The number of unbranched alkanes of at least 4 members (excludes halogenated alkanes) is 9. The lowest BCUT2D eigenvalue weighted by molar-refractivity contribution is -0.160. The fourth-order valence-corrected chi connectivity index (χ4v) is 8.79. The van der Waals surface area contributed by atoms with Gasteiger partial charge in [0, 0.05) is 73.9 Å². The number of aliphatic hydroxyl groups excluding tert-OH is 2. The first-order valence-corrected chi connectivity index (χ1v) is 23.0. The van der Waals surface area contributed by atoms with Crippen molar-refractivity contribution in [3.05, 3.63) is 57.8 Å². The lowest BCUT2D eigenvalue weighted by Gasteiger charge is -2.38. The maximum Gasteiger partial charge on any atom is 0.312 e. The molecular weight excluding hydrogens is 837 g/mol. The zero-order chi connectivity index (χ0) is 48.3. The molecule has 0 spiro atoms. The van der Waals surface area contributed by atoms with Crippen molar-refractivity contribution < 1.29 is 64.1 Å². The van der Waals surface area contributed by atoms with Crippen LogP contribution in [0.15, 0.2) is 41.1 Å². The number of ketones is 1. The Kier molecular flexibility index (Phi) is 19.0. The van der Waals surface area contributed by atoms with Crippen LogP contribution in [0, 0.1) is 30.6 Å². The van der Waals surface area contributed by atoms with Crippen molar-refractivity contribution in [3.8, 4) is 23.0 Å². The summed E-state index contributed by atoms with van der Waals surface area (Å²) in [7, 11) is 1.43. The highest BCUT2D eigenvalue weighted by molar-refractivity contribution is 6.20. The summed E-state index contributed by atoms with van der Waals surface area (Å²) >= 11 is 0. The lowest BCUT2D eigenvalue weighted by Crippen LogP contribution is -2.46. The number of Topliss-reactive ketones (excluding diaryl/α,β-unsaturated/α-hetero) is 1. The van der Waals surface area contributed by atoms with E-state index in [4.69, 9.17) is 18.9 Å². The number of rotatable bonds is 14. The molecule has 0 saturated carbocycles. The molecule has 0 fully saturated rings. The largest absolute Gasteiger partial charge is 0.507 e. The molecule has 9 atom stereocenters. The van der Waals surface area contributed by atoms with Crippen LogP contribution in [0.25, 0.3) is 17.0 Å². The van der Waals surface area contributed by atoms with Crippen molar-refractivity contribution in [2.45, 2.75) is 157 Å². The number of hydrogen-bond acceptors (Lipinski definition) is 14. The summed E-state index contributed by atoms with van der Waals surface area (Å²) in [6.45, 7) is 14.7. The van der Waals surface area contributed by atoms with Crippen LogP contribution in [0.5, 0.6) is 23.0 Å². The van der Waals surface area contributed by atoms with E-state index in [1.54, 1.807) is 39.8 Å². The third kappa shape index (κ3) is 12.3. The van der Waals surface area contributed by atoms with E-state index in [9.17, 15) is 45.1 Å². The van der Waals surface area contributed by atoms with Crippen molar-refractivity contribution in [2.75, 3.05) is 13.7 Å². The van der Waals surface area contributed by atoms with Crippen LogP contribution in [0.3, 0.4) is 0 Å². The second-order valence-corrected chi connectivity index (χ2v) is 18.0. The van der Waals surface area contributed by atoms with Gasteiger partial charge in [-0.25, -0.2) is 4.99 Å². The number of fused-ring (bicyclic) bond motifs is 14. The summed E-state index contributed by atoms with van der Waals surface area (Å²) in [5, 5.41) is 69.1. The second kappa shape index (κ2) is 23.5. The molecule has 0 saturated heterocycles. The first-order chi connectivity index (χ1) is 30.7. The molecule has 360 valence electrons. The normalized spacial score (nSPS) is 27.8. The Morgan fingerprint density at radius 3 is 2.08 bits per heavy atom. The number of amides is 1. The van der Waals surface area contributed by atoms with Gasteiger partial charge in [0.1, 0.15) is 28.7 Å². The fourth-order valence-electron chi connectivity index (χ4n) is 8.79. The smallest absolute Gasteiger partial charge is 0.312 e. The molecule has 6 N–H and O–H groups in total. The number of aliphatic hydroxyl groups is 2. The maximum absolute atomic E-state index is 14.5. The number of methoxy groups -OCH3 is 1. The molecule has 5 rings (SSSR count). The minimum atomic E-state index is -2.08. The van der Waals surface area contributed by atoms with Crippen LogP contribution >= 0.6 is 0 Å².